The summed E-state index contributed by atoms with van der Waals surface area (Å²) in [5.41, 5.74) is 1.16. The number of rotatable bonds is 1. The van der Waals surface area contributed by atoms with Crippen LogP contribution >= 0.6 is 11.6 Å². The molecular weight excluding hydrogens is 146 g/mol. The highest BCUT2D eigenvalue weighted by molar-refractivity contribution is 6.25. The summed E-state index contributed by atoms with van der Waals surface area (Å²) in [4.78, 5) is 3.96. The zero-order valence-corrected chi connectivity index (χ0v) is 6.30. The molecule has 1 heterocycles. The highest BCUT2D eigenvalue weighted by Crippen LogP contribution is 2.51. The number of nitrogens with zero attached hydrogens (tertiary/aromatic N) is 1. The minimum atomic E-state index is -0.0474. The molecule has 0 aliphatic heterocycles. The van der Waals surface area contributed by atoms with Crippen LogP contribution in [0.3, 0.4) is 0 Å². The van der Waals surface area contributed by atoms with Gasteiger partial charge in [0, 0.05) is 12.4 Å². The van der Waals surface area contributed by atoms with Crippen molar-refractivity contribution in [2.75, 3.05) is 0 Å². The van der Waals surface area contributed by atoms with E-state index in [2.05, 4.69) is 4.98 Å². The lowest BCUT2D eigenvalue weighted by atomic mass is 10.2. The fraction of sp³-hybridized carbons (Fsp3) is 0.375. The van der Waals surface area contributed by atoms with Crippen molar-refractivity contribution >= 4 is 11.6 Å². The maximum absolute atomic E-state index is 6.13. The molecule has 0 bridgehead atoms. The van der Waals surface area contributed by atoms with Gasteiger partial charge in [-0.1, -0.05) is 6.07 Å². The van der Waals surface area contributed by atoms with Gasteiger partial charge in [-0.25, -0.2) is 0 Å². The number of alkyl halides is 1. The van der Waals surface area contributed by atoms with Gasteiger partial charge in [-0.15, -0.1) is 11.6 Å². The summed E-state index contributed by atoms with van der Waals surface area (Å²) in [6, 6.07) is 3.96. The van der Waals surface area contributed by atoms with E-state index in [1.807, 2.05) is 18.3 Å². The van der Waals surface area contributed by atoms with Crippen molar-refractivity contribution in [3.05, 3.63) is 30.1 Å². The molecule has 1 saturated carbocycles. The topological polar surface area (TPSA) is 12.9 Å². The van der Waals surface area contributed by atoms with Crippen LogP contribution < -0.4 is 0 Å². The molecule has 52 valence electrons. The van der Waals surface area contributed by atoms with Crippen molar-refractivity contribution in [1.29, 1.82) is 0 Å². The maximum Gasteiger partial charge on any atom is 0.0711 e. The SMILES string of the molecule is ClC1(c2cccnc2)CC1. The van der Waals surface area contributed by atoms with Crippen molar-refractivity contribution in [1.82, 2.24) is 4.98 Å². The van der Waals surface area contributed by atoms with Crippen molar-refractivity contribution in [2.24, 2.45) is 0 Å². The molecule has 1 aromatic rings. The standard InChI is InChI=1S/C8H8ClN/c9-8(3-4-8)7-2-1-5-10-6-7/h1-2,5-6H,3-4H2. The van der Waals surface area contributed by atoms with Gasteiger partial charge in [0.15, 0.2) is 0 Å². The van der Waals surface area contributed by atoms with E-state index in [1.54, 1.807) is 6.20 Å². The molecular formula is C8H8ClN. The smallest absolute Gasteiger partial charge is 0.0711 e. The van der Waals surface area contributed by atoms with Gasteiger partial charge in [0.05, 0.1) is 4.87 Å². The molecule has 0 amide bonds. The Hall–Kier alpha value is -0.560. The fourth-order valence-electron chi connectivity index (χ4n) is 1.03. The molecule has 10 heavy (non-hydrogen) atoms. The summed E-state index contributed by atoms with van der Waals surface area (Å²) in [7, 11) is 0. The van der Waals surface area contributed by atoms with Crippen molar-refractivity contribution in [3.8, 4) is 0 Å². The van der Waals surface area contributed by atoms with Crippen LogP contribution in [0.15, 0.2) is 24.5 Å². The van der Waals surface area contributed by atoms with Crippen LogP contribution in [0.1, 0.15) is 18.4 Å². The van der Waals surface area contributed by atoms with E-state index < -0.39 is 0 Å². The second-order valence-electron chi connectivity index (χ2n) is 2.71. The Morgan fingerprint density at radius 1 is 1.50 bits per heavy atom. The molecule has 0 unspecified atom stereocenters. The van der Waals surface area contributed by atoms with Gasteiger partial charge in [0.2, 0.25) is 0 Å². The molecule has 1 aromatic heterocycles. The summed E-state index contributed by atoms with van der Waals surface area (Å²) >= 11 is 6.13. The van der Waals surface area contributed by atoms with Crippen LogP contribution in [0.5, 0.6) is 0 Å². The lowest BCUT2D eigenvalue weighted by molar-refractivity contribution is 0.995. The van der Waals surface area contributed by atoms with Gasteiger partial charge < -0.3 is 0 Å². The minimum Gasteiger partial charge on any atom is -0.264 e. The molecule has 2 rings (SSSR count). The second kappa shape index (κ2) is 1.96. The predicted molar refractivity (Wildman–Crippen MR) is 41.0 cm³/mol. The molecule has 1 nitrogen and oxygen atoms in total. The van der Waals surface area contributed by atoms with E-state index >= 15 is 0 Å². The normalized spacial score (nSPS) is 20.5. The maximum atomic E-state index is 6.13. The largest absolute Gasteiger partial charge is 0.264 e. The van der Waals surface area contributed by atoms with Crippen molar-refractivity contribution < 1.29 is 0 Å². The Morgan fingerprint density at radius 3 is 2.80 bits per heavy atom. The molecule has 1 aliphatic rings. The first-order chi connectivity index (χ1) is 4.81. The van der Waals surface area contributed by atoms with Crippen LogP contribution in [0.4, 0.5) is 0 Å². The van der Waals surface area contributed by atoms with Crippen molar-refractivity contribution in [2.45, 2.75) is 17.7 Å². The molecule has 0 N–H and O–H groups in total. The molecule has 2 heteroatoms. The third-order valence-electron chi connectivity index (χ3n) is 1.87. The van der Waals surface area contributed by atoms with Gasteiger partial charge >= 0.3 is 0 Å². The lowest BCUT2D eigenvalue weighted by Crippen LogP contribution is -1.94. The number of aromatic nitrogens is 1. The highest BCUT2D eigenvalue weighted by atomic mass is 35.5. The molecule has 1 aliphatic carbocycles. The van der Waals surface area contributed by atoms with E-state index in [9.17, 15) is 0 Å². The first-order valence-corrected chi connectivity index (χ1v) is 3.78. The third kappa shape index (κ3) is 0.907. The van der Waals surface area contributed by atoms with E-state index in [-0.39, 0.29) is 4.87 Å². The Labute approximate surface area is 65.0 Å². The zero-order valence-electron chi connectivity index (χ0n) is 5.55. The second-order valence-corrected chi connectivity index (χ2v) is 3.43. The number of halogens is 1. The highest BCUT2D eigenvalue weighted by Gasteiger charge is 2.42. The van der Waals surface area contributed by atoms with Gasteiger partial charge in [-0.3, -0.25) is 4.98 Å². The molecule has 0 radical (unpaired) electrons. The van der Waals surface area contributed by atoms with Gasteiger partial charge in [-0.2, -0.15) is 0 Å². The van der Waals surface area contributed by atoms with E-state index in [4.69, 9.17) is 11.6 Å². The van der Waals surface area contributed by atoms with Gasteiger partial charge in [0.25, 0.3) is 0 Å². The van der Waals surface area contributed by atoms with E-state index in [0.29, 0.717) is 0 Å². The summed E-state index contributed by atoms with van der Waals surface area (Å²) in [5.74, 6) is 0. The average Bonchev–Trinajstić information content (AvgIpc) is 2.72. The molecule has 0 saturated heterocycles. The van der Waals surface area contributed by atoms with Crippen LogP contribution in [0.25, 0.3) is 0 Å². The van der Waals surface area contributed by atoms with Crippen LogP contribution in [0.2, 0.25) is 0 Å². The summed E-state index contributed by atoms with van der Waals surface area (Å²) in [5, 5.41) is 0. The average molecular weight is 154 g/mol. The predicted octanol–water partition coefficient (Wildman–Crippen LogP) is 2.31. The van der Waals surface area contributed by atoms with Crippen LogP contribution in [-0.2, 0) is 4.87 Å². The fourth-order valence-corrected chi connectivity index (χ4v) is 1.23. The van der Waals surface area contributed by atoms with Crippen LogP contribution in [-0.4, -0.2) is 4.98 Å². The summed E-state index contributed by atoms with van der Waals surface area (Å²) < 4.78 is 0. The van der Waals surface area contributed by atoms with Crippen LogP contribution in [0, 0.1) is 0 Å². The molecule has 0 aromatic carbocycles. The Morgan fingerprint density at radius 2 is 2.30 bits per heavy atom. The van der Waals surface area contributed by atoms with Gasteiger partial charge in [0.1, 0.15) is 0 Å². The van der Waals surface area contributed by atoms with E-state index in [0.717, 1.165) is 18.4 Å². The summed E-state index contributed by atoms with van der Waals surface area (Å²) in [6.07, 6.45) is 5.81. The van der Waals surface area contributed by atoms with Gasteiger partial charge in [-0.05, 0) is 24.5 Å². The Bertz CT molecular complexity index is 228. The monoisotopic (exact) mass is 153 g/mol. The first kappa shape index (κ1) is 6.17. The Kier molecular flexibility index (Phi) is 1.21. The quantitative estimate of drug-likeness (QED) is 0.565. The van der Waals surface area contributed by atoms with Crippen molar-refractivity contribution in [3.63, 3.8) is 0 Å². The molecule has 0 atom stereocenters. The molecule has 1 fully saturated rings. The number of pyridine rings is 1. The lowest BCUT2D eigenvalue weighted by Gasteiger charge is -2.02. The summed E-state index contributed by atoms with van der Waals surface area (Å²) in [6.45, 7) is 0. The zero-order chi connectivity index (χ0) is 7.03. The first-order valence-electron chi connectivity index (χ1n) is 3.41. The number of hydrogen-bond donors (Lipinski definition) is 0. The Balaban J connectivity index is 2.35. The minimum absolute atomic E-state index is 0.0474. The van der Waals surface area contributed by atoms with E-state index in [1.165, 1.54) is 0 Å². The molecule has 0 spiro atoms. The third-order valence-corrected chi connectivity index (χ3v) is 2.46. The number of hydrogen-bond acceptors (Lipinski definition) is 1.